The number of aromatic nitrogens is 6. The summed E-state index contributed by atoms with van der Waals surface area (Å²) in [6.07, 6.45) is 5.02. The average Bonchev–Trinajstić information content (AvgIpc) is 3.45. The standard InChI is InChI=1S/C25H28N6O2/c1-4-5-9-23-24(16-32)31(18(2)3)25(33)29(23)15-19-11-13-20(14-12-19)21-8-6-7-10-22(21)30-17-26-27-28-30/h6-8,10-14,16-18H,4-5,9,15H2,1-3H3. The lowest BCUT2D eigenvalue weighted by molar-refractivity contribution is 0.111. The SMILES string of the molecule is CCCCc1c(C=O)n(C(C)C)c(=O)n1Cc1ccc(-c2ccccc2-n2cnnn2)cc1. The highest BCUT2D eigenvalue weighted by Gasteiger charge is 2.21. The number of tetrazole rings is 1. The summed E-state index contributed by atoms with van der Waals surface area (Å²) in [5, 5.41) is 11.5. The lowest BCUT2D eigenvalue weighted by Crippen LogP contribution is -2.27. The molecule has 0 unspecified atom stereocenters. The number of para-hydroxylation sites is 1. The van der Waals surface area contributed by atoms with Gasteiger partial charge in [-0.15, -0.1) is 5.10 Å². The molecule has 0 saturated carbocycles. The number of imidazole rings is 1. The van der Waals surface area contributed by atoms with Crippen molar-refractivity contribution < 1.29 is 4.79 Å². The first-order chi connectivity index (χ1) is 16.0. The van der Waals surface area contributed by atoms with Gasteiger partial charge < -0.3 is 0 Å². The van der Waals surface area contributed by atoms with Gasteiger partial charge in [-0.1, -0.05) is 55.8 Å². The van der Waals surface area contributed by atoms with Gasteiger partial charge in [-0.3, -0.25) is 13.9 Å². The summed E-state index contributed by atoms with van der Waals surface area (Å²) in [4.78, 5) is 25.1. The number of aldehydes is 1. The van der Waals surface area contributed by atoms with Gasteiger partial charge in [0.1, 0.15) is 12.0 Å². The van der Waals surface area contributed by atoms with Crippen LogP contribution in [0.3, 0.4) is 0 Å². The molecule has 0 bridgehead atoms. The van der Waals surface area contributed by atoms with Gasteiger partial charge in [0.15, 0.2) is 6.29 Å². The molecule has 4 rings (SSSR count). The van der Waals surface area contributed by atoms with Gasteiger partial charge in [0.05, 0.1) is 17.9 Å². The minimum atomic E-state index is -0.133. The molecule has 2 aromatic carbocycles. The summed E-state index contributed by atoms with van der Waals surface area (Å²) in [5.41, 5.74) is 5.10. The van der Waals surface area contributed by atoms with E-state index in [0.717, 1.165) is 47.2 Å². The maximum Gasteiger partial charge on any atom is 0.329 e. The van der Waals surface area contributed by atoms with Crippen molar-refractivity contribution in [1.82, 2.24) is 29.3 Å². The summed E-state index contributed by atoms with van der Waals surface area (Å²) in [6.45, 7) is 6.39. The van der Waals surface area contributed by atoms with Crippen molar-refractivity contribution in [2.45, 2.75) is 52.6 Å². The van der Waals surface area contributed by atoms with Crippen molar-refractivity contribution in [1.29, 1.82) is 0 Å². The molecule has 0 N–H and O–H groups in total. The fraction of sp³-hybridized carbons (Fsp3) is 0.320. The van der Waals surface area contributed by atoms with Crippen molar-refractivity contribution in [3.05, 3.63) is 82.3 Å². The predicted octanol–water partition coefficient (Wildman–Crippen LogP) is 4.08. The van der Waals surface area contributed by atoms with Gasteiger partial charge in [0, 0.05) is 11.6 Å². The van der Waals surface area contributed by atoms with E-state index >= 15 is 0 Å². The summed E-state index contributed by atoms with van der Waals surface area (Å²) in [6, 6.07) is 16.0. The van der Waals surface area contributed by atoms with Crippen LogP contribution in [-0.4, -0.2) is 35.6 Å². The van der Waals surface area contributed by atoms with Crippen LogP contribution in [0.2, 0.25) is 0 Å². The van der Waals surface area contributed by atoms with Gasteiger partial charge in [0.25, 0.3) is 0 Å². The molecule has 0 fully saturated rings. The summed E-state index contributed by atoms with van der Waals surface area (Å²) in [5.74, 6) is 0. The molecule has 0 saturated heterocycles. The van der Waals surface area contributed by atoms with Crippen molar-refractivity contribution in [2.24, 2.45) is 0 Å². The van der Waals surface area contributed by atoms with E-state index in [0.29, 0.717) is 18.7 Å². The maximum atomic E-state index is 13.2. The molecule has 4 aromatic rings. The van der Waals surface area contributed by atoms with Crippen molar-refractivity contribution in [2.75, 3.05) is 0 Å². The Hall–Kier alpha value is -3.81. The van der Waals surface area contributed by atoms with E-state index in [2.05, 4.69) is 22.4 Å². The van der Waals surface area contributed by atoms with Gasteiger partial charge in [-0.05, 0) is 54.3 Å². The molecule has 0 atom stereocenters. The van der Waals surface area contributed by atoms with Gasteiger partial charge in [0.2, 0.25) is 0 Å². The van der Waals surface area contributed by atoms with Crippen molar-refractivity contribution in [3.8, 4) is 16.8 Å². The number of hydrogen-bond acceptors (Lipinski definition) is 5. The zero-order chi connectivity index (χ0) is 23.4. The number of rotatable bonds is 9. The van der Waals surface area contributed by atoms with Crippen LogP contribution in [0.25, 0.3) is 16.8 Å². The van der Waals surface area contributed by atoms with E-state index in [1.54, 1.807) is 20.1 Å². The zero-order valence-corrected chi connectivity index (χ0v) is 19.2. The molecule has 8 heteroatoms. The Morgan fingerprint density at radius 3 is 2.45 bits per heavy atom. The van der Waals surface area contributed by atoms with Crippen LogP contribution in [0.4, 0.5) is 0 Å². The summed E-state index contributed by atoms with van der Waals surface area (Å²) < 4.78 is 5.00. The largest absolute Gasteiger partial charge is 0.329 e. The van der Waals surface area contributed by atoms with Gasteiger partial charge >= 0.3 is 5.69 Å². The normalized spacial score (nSPS) is 11.3. The second kappa shape index (κ2) is 9.77. The third-order valence-electron chi connectivity index (χ3n) is 5.82. The number of unbranched alkanes of at least 4 members (excludes halogenated alkanes) is 1. The van der Waals surface area contributed by atoms with Gasteiger partial charge in [-0.25, -0.2) is 4.79 Å². The third-order valence-corrected chi connectivity index (χ3v) is 5.82. The Kier molecular flexibility index (Phi) is 6.63. The zero-order valence-electron chi connectivity index (χ0n) is 19.2. The van der Waals surface area contributed by atoms with E-state index in [9.17, 15) is 9.59 Å². The highest BCUT2D eigenvalue weighted by molar-refractivity contribution is 5.74. The first kappa shape index (κ1) is 22.4. The molecule has 0 amide bonds. The fourth-order valence-corrected chi connectivity index (χ4v) is 4.18. The highest BCUT2D eigenvalue weighted by atomic mass is 16.2. The van der Waals surface area contributed by atoms with Crippen LogP contribution >= 0.6 is 0 Å². The minimum absolute atomic E-state index is 0.0792. The molecule has 0 aliphatic rings. The maximum absolute atomic E-state index is 13.2. The lowest BCUT2D eigenvalue weighted by atomic mass is 10.0. The lowest BCUT2D eigenvalue weighted by Gasteiger charge is -2.11. The number of carbonyl (C=O) groups excluding carboxylic acids is 1. The monoisotopic (exact) mass is 444 g/mol. The fourth-order valence-electron chi connectivity index (χ4n) is 4.18. The first-order valence-corrected chi connectivity index (χ1v) is 11.3. The molecule has 33 heavy (non-hydrogen) atoms. The molecule has 0 spiro atoms. The number of nitrogens with zero attached hydrogens (tertiary/aromatic N) is 6. The quantitative estimate of drug-likeness (QED) is 0.363. The summed E-state index contributed by atoms with van der Waals surface area (Å²) >= 11 is 0. The Morgan fingerprint density at radius 2 is 1.82 bits per heavy atom. The number of carbonyl (C=O) groups is 1. The van der Waals surface area contributed by atoms with E-state index < -0.39 is 0 Å². The van der Waals surface area contributed by atoms with Crippen LogP contribution in [0.5, 0.6) is 0 Å². The molecular formula is C25H28N6O2. The van der Waals surface area contributed by atoms with Crippen molar-refractivity contribution >= 4 is 6.29 Å². The number of hydrogen-bond donors (Lipinski definition) is 0. The molecule has 8 nitrogen and oxygen atoms in total. The molecule has 2 aromatic heterocycles. The Bertz CT molecular complexity index is 1280. The van der Waals surface area contributed by atoms with E-state index in [4.69, 9.17) is 0 Å². The number of benzene rings is 2. The molecular weight excluding hydrogens is 416 g/mol. The van der Waals surface area contributed by atoms with E-state index in [-0.39, 0.29) is 11.7 Å². The average molecular weight is 445 g/mol. The van der Waals surface area contributed by atoms with Crippen molar-refractivity contribution in [3.63, 3.8) is 0 Å². The molecule has 0 radical (unpaired) electrons. The second-order valence-corrected chi connectivity index (χ2v) is 8.35. The van der Waals surface area contributed by atoms with E-state index in [1.165, 1.54) is 0 Å². The third kappa shape index (κ3) is 4.41. The Morgan fingerprint density at radius 1 is 1.06 bits per heavy atom. The predicted molar refractivity (Wildman–Crippen MR) is 127 cm³/mol. The van der Waals surface area contributed by atoms with Crippen LogP contribution < -0.4 is 5.69 Å². The van der Waals surface area contributed by atoms with Crippen LogP contribution in [0, 0.1) is 0 Å². The van der Waals surface area contributed by atoms with Crippen LogP contribution in [0.15, 0.2) is 59.7 Å². The smallest absolute Gasteiger partial charge is 0.296 e. The Balaban J connectivity index is 1.69. The molecule has 2 heterocycles. The summed E-state index contributed by atoms with van der Waals surface area (Å²) in [7, 11) is 0. The molecule has 170 valence electrons. The molecule has 0 aliphatic carbocycles. The first-order valence-electron chi connectivity index (χ1n) is 11.3. The Labute approximate surface area is 192 Å². The topological polar surface area (TPSA) is 87.6 Å². The van der Waals surface area contributed by atoms with E-state index in [1.807, 2.05) is 62.4 Å². The van der Waals surface area contributed by atoms with Crippen LogP contribution in [-0.2, 0) is 13.0 Å². The minimum Gasteiger partial charge on any atom is -0.296 e. The van der Waals surface area contributed by atoms with Gasteiger partial charge in [-0.2, -0.15) is 4.68 Å². The van der Waals surface area contributed by atoms with Crippen LogP contribution in [0.1, 0.15) is 61.4 Å². The second-order valence-electron chi connectivity index (χ2n) is 8.35. The highest BCUT2D eigenvalue weighted by Crippen LogP contribution is 2.26. The molecule has 0 aliphatic heterocycles.